The van der Waals surface area contributed by atoms with Gasteiger partial charge in [0.2, 0.25) is 5.88 Å². The fourth-order valence-corrected chi connectivity index (χ4v) is 5.96. The van der Waals surface area contributed by atoms with E-state index >= 15 is 0 Å². The Bertz CT molecular complexity index is 1260. The molecule has 0 amide bonds. The second-order valence-electron chi connectivity index (χ2n) is 8.19. The number of pyridine rings is 2. The number of ether oxygens (including phenoxy) is 1. The molecule has 31 heavy (non-hydrogen) atoms. The maximum Gasteiger partial charge on any atom is 0.271 e. The fourth-order valence-electron chi connectivity index (χ4n) is 5.08. The van der Waals surface area contributed by atoms with E-state index in [-0.39, 0.29) is 11.1 Å². The van der Waals surface area contributed by atoms with Crippen molar-refractivity contribution in [3.63, 3.8) is 0 Å². The Labute approximate surface area is 184 Å². The van der Waals surface area contributed by atoms with E-state index in [4.69, 9.17) is 9.72 Å². The average Bonchev–Trinajstić information content (AvgIpc) is 3.39. The van der Waals surface area contributed by atoms with Gasteiger partial charge in [-0.1, -0.05) is 0 Å². The monoisotopic (exact) mass is 436 g/mol. The van der Waals surface area contributed by atoms with Crippen LogP contribution in [-0.4, -0.2) is 47.3 Å². The molecule has 2 saturated heterocycles. The standard InChI is InChI=1S/C22H24N6O2S/c1-13-25-19-20(16(11-23)21(29)26(2)22(19)31-13)27-8-6-17-14(12-27)5-9-28(17)15-4-7-24-18(10-15)30-3/h4,7,10,14,17H,5-6,8-9,12H2,1-3H3/t14-,17+/m1/s1. The number of rotatable bonds is 3. The molecule has 0 spiro atoms. The third-order valence-electron chi connectivity index (χ3n) is 6.52. The highest BCUT2D eigenvalue weighted by Gasteiger charge is 2.40. The van der Waals surface area contributed by atoms with Gasteiger partial charge in [-0.3, -0.25) is 4.79 Å². The molecule has 3 aromatic rings. The van der Waals surface area contributed by atoms with Gasteiger partial charge in [-0.25, -0.2) is 9.97 Å². The molecule has 0 bridgehead atoms. The minimum Gasteiger partial charge on any atom is -0.481 e. The summed E-state index contributed by atoms with van der Waals surface area (Å²) in [6.07, 6.45) is 3.81. The highest BCUT2D eigenvalue weighted by atomic mass is 32.1. The second-order valence-corrected chi connectivity index (χ2v) is 9.37. The minimum absolute atomic E-state index is 0.201. The van der Waals surface area contributed by atoms with Gasteiger partial charge in [-0.05, 0) is 31.7 Å². The number of anilines is 2. The summed E-state index contributed by atoms with van der Waals surface area (Å²) in [5, 5.41) is 10.7. The molecule has 5 heterocycles. The number of thiazole rings is 1. The lowest BCUT2D eigenvalue weighted by Gasteiger charge is -2.40. The van der Waals surface area contributed by atoms with Gasteiger partial charge >= 0.3 is 0 Å². The van der Waals surface area contributed by atoms with Crippen LogP contribution in [0.3, 0.4) is 0 Å². The summed E-state index contributed by atoms with van der Waals surface area (Å²) in [5.74, 6) is 1.08. The summed E-state index contributed by atoms with van der Waals surface area (Å²) >= 11 is 1.50. The quantitative estimate of drug-likeness (QED) is 0.624. The molecule has 3 aromatic heterocycles. The number of hydrogen-bond donors (Lipinski definition) is 0. The van der Waals surface area contributed by atoms with E-state index in [1.807, 2.05) is 19.1 Å². The molecule has 5 rings (SSSR count). The van der Waals surface area contributed by atoms with Gasteiger partial charge in [0.25, 0.3) is 5.56 Å². The molecule has 0 radical (unpaired) electrons. The number of methoxy groups -OCH3 is 1. The number of piperidine rings is 1. The molecule has 2 atom stereocenters. The first-order chi connectivity index (χ1) is 15.0. The third kappa shape index (κ3) is 3.13. The van der Waals surface area contributed by atoms with Crippen molar-refractivity contribution >= 4 is 33.1 Å². The normalized spacial score (nSPS) is 20.7. The van der Waals surface area contributed by atoms with E-state index in [0.717, 1.165) is 53.5 Å². The number of aromatic nitrogens is 3. The smallest absolute Gasteiger partial charge is 0.271 e. The molecule has 8 nitrogen and oxygen atoms in total. The van der Waals surface area contributed by atoms with Crippen LogP contribution in [0.4, 0.5) is 11.4 Å². The molecule has 2 aliphatic rings. The van der Waals surface area contributed by atoms with Crippen molar-refractivity contribution < 1.29 is 4.74 Å². The molecule has 0 unspecified atom stereocenters. The van der Waals surface area contributed by atoms with Crippen LogP contribution in [0.1, 0.15) is 23.4 Å². The topological polar surface area (TPSA) is 87.3 Å². The summed E-state index contributed by atoms with van der Waals surface area (Å²) in [7, 11) is 3.35. The maximum atomic E-state index is 12.9. The van der Waals surface area contributed by atoms with Crippen LogP contribution >= 0.6 is 11.3 Å². The van der Waals surface area contributed by atoms with Gasteiger partial charge in [0.15, 0.2) is 0 Å². The Hall–Kier alpha value is -3.12. The Kier molecular flexibility index (Phi) is 4.82. The van der Waals surface area contributed by atoms with Crippen molar-refractivity contribution in [1.29, 1.82) is 5.26 Å². The van der Waals surface area contributed by atoms with Crippen molar-refractivity contribution in [2.75, 3.05) is 36.5 Å². The zero-order valence-electron chi connectivity index (χ0n) is 17.8. The molecule has 0 N–H and O–H groups in total. The lowest BCUT2D eigenvalue weighted by Crippen LogP contribution is -2.47. The molecule has 0 aromatic carbocycles. The van der Waals surface area contributed by atoms with E-state index in [2.05, 4.69) is 20.9 Å². The van der Waals surface area contributed by atoms with Crippen molar-refractivity contribution in [2.45, 2.75) is 25.8 Å². The van der Waals surface area contributed by atoms with Crippen LogP contribution in [0.25, 0.3) is 10.3 Å². The Balaban J connectivity index is 1.49. The Morgan fingerprint density at radius 3 is 2.94 bits per heavy atom. The summed E-state index contributed by atoms with van der Waals surface area (Å²) in [4.78, 5) is 27.3. The van der Waals surface area contributed by atoms with Crippen LogP contribution in [-0.2, 0) is 7.05 Å². The van der Waals surface area contributed by atoms with Crippen LogP contribution < -0.4 is 20.1 Å². The molecule has 0 saturated carbocycles. The SMILES string of the molecule is COc1cc(N2CC[C@@H]3CN(c4c(C#N)c(=O)n(C)c5sc(C)nc45)CC[C@@H]32)ccn1. The highest BCUT2D eigenvalue weighted by Crippen LogP contribution is 2.39. The molecular weight excluding hydrogens is 412 g/mol. The molecular formula is C22H24N6O2S. The third-order valence-corrected chi connectivity index (χ3v) is 7.57. The molecule has 2 fully saturated rings. The van der Waals surface area contributed by atoms with Crippen molar-refractivity contribution in [3.05, 3.63) is 39.3 Å². The van der Waals surface area contributed by atoms with E-state index in [1.54, 1.807) is 24.9 Å². The van der Waals surface area contributed by atoms with E-state index in [9.17, 15) is 10.1 Å². The first kappa shape index (κ1) is 19.8. The predicted octanol–water partition coefficient (Wildman–Crippen LogP) is 2.68. The van der Waals surface area contributed by atoms with Crippen LogP contribution in [0.5, 0.6) is 5.88 Å². The van der Waals surface area contributed by atoms with Crippen LogP contribution in [0.2, 0.25) is 0 Å². The molecule has 2 aliphatic heterocycles. The lowest BCUT2D eigenvalue weighted by molar-refractivity contribution is 0.392. The number of fused-ring (bicyclic) bond motifs is 2. The van der Waals surface area contributed by atoms with Gasteiger partial charge in [0.1, 0.15) is 22.0 Å². The van der Waals surface area contributed by atoms with E-state index in [0.29, 0.717) is 23.5 Å². The molecule has 160 valence electrons. The summed E-state index contributed by atoms with van der Waals surface area (Å²) in [5.41, 5.74) is 2.58. The number of nitrogens with zero attached hydrogens (tertiary/aromatic N) is 6. The largest absolute Gasteiger partial charge is 0.481 e. The second kappa shape index (κ2) is 7.54. The van der Waals surface area contributed by atoms with Crippen LogP contribution in [0.15, 0.2) is 23.1 Å². The molecule has 0 aliphatic carbocycles. The summed E-state index contributed by atoms with van der Waals surface area (Å²) < 4.78 is 6.86. The Morgan fingerprint density at radius 2 is 2.16 bits per heavy atom. The highest BCUT2D eigenvalue weighted by molar-refractivity contribution is 7.18. The van der Waals surface area contributed by atoms with Gasteiger partial charge in [0, 0.05) is 50.7 Å². The average molecular weight is 437 g/mol. The molecule has 9 heteroatoms. The fraction of sp³-hybridized carbons (Fsp3) is 0.455. The maximum absolute atomic E-state index is 12.9. The predicted molar refractivity (Wildman–Crippen MR) is 121 cm³/mol. The van der Waals surface area contributed by atoms with Crippen molar-refractivity contribution in [1.82, 2.24) is 14.5 Å². The van der Waals surface area contributed by atoms with E-state index in [1.165, 1.54) is 11.3 Å². The first-order valence-electron chi connectivity index (χ1n) is 10.4. The zero-order chi connectivity index (χ0) is 21.7. The van der Waals surface area contributed by atoms with E-state index < -0.39 is 0 Å². The van der Waals surface area contributed by atoms with Gasteiger partial charge in [-0.15, -0.1) is 11.3 Å². The summed E-state index contributed by atoms with van der Waals surface area (Å²) in [6, 6.07) is 6.62. The Morgan fingerprint density at radius 1 is 1.32 bits per heavy atom. The van der Waals surface area contributed by atoms with Crippen LogP contribution in [0, 0.1) is 24.2 Å². The summed E-state index contributed by atoms with van der Waals surface area (Å²) in [6.45, 7) is 4.52. The number of aryl methyl sites for hydroxylation is 2. The first-order valence-corrected chi connectivity index (χ1v) is 11.2. The number of hydrogen-bond acceptors (Lipinski definition) is 8. The van der Waals surface area contributed by atoms with Gasteiger partial charge < -0.3 is 19.1 Å². The zero-order valence-corrected chi connectivity index (χ0v) is 18.6. The minimum atomic E-state index is -0.243. The van der Waals surface area contributed by atoms with Crippen molar-refractivity contribution in [3.8, 4) is 11.9 Å². The lowest BCUT2D eigenvalue weighted by atomic mass is 9.92. The van der Waals surface area contributed by atoms with Gasteiger partial charge in [0.05, 0.1) is 17.8 Å². The van der Waals surface area contributed by atoms with Crippen molar-refractivity contribution in [2.24, 2.45) is 13.0 Å². The van der Waals surface area contributed by atoms with Gasteiger partial charge in [-0.2, -0.15) is 5.26 Å². The number of nitriles is 1.